The molecule has 0 saturated carbocycles. The highest BCUT2D eigenvalue weighted by Crippen LogP contribution is 2.30. The number of nitrogens with zero attached hydrogens (tertiary/aromatic N) is 2. The van der Waals surface area contributed by atoms with Crippen LogP contribution in [0.1, 0.15) is 64.1 Å². The Hall–Kier alpha value is -0.940. The molecule has 5 nitrogen and oxygen atoms in total. The van der Waals surface area contributed by atoms with Crippen LogP contribution in [0.15, 0.2) is 4.52 Å². The SMILES string of the molecule is CCNC(C)C(c1nc(C2CCOCC2)no1)C(C)C. The largest absolute Gasteiger partial charge is 0.381 e. The van der Waals surface area contributed by atoms with E-state index >= 15 is 0 Å². The van der Waals surface area contributed by atoms with Crippen LogP contribution in [0, 0.1) is 5.92 Å². The molecule has 1 aromatic heterocycles. The Kier molecular flexibility index (Phi) is 5.54. The molecule has 2 unspecified atom stereocenters. The van der Waals surface area contributed by atoms with Crippen LogP contribution in [0.25, 0.3) is 0 Å². The van der Waals surface area contributed by atoms with E-state index in [2.05, 4.69) is 43.2 Å². The second kappa shape index (κ2) is 7.18. The van der Waals surface area contributed by atoms with E-state index in [-0.39, 0.29) is 5.92 Å². The van der Waals surface area contributed by atoms with Gasteiger partial charge in [0.2, 0.25) is 5.89 Å². The van der Waals surface area contributed by atoms with Gasteiger partial charge < -0.3 is 14.6 Å². The molecule has 2 heterocycles. The Morgan fingerprint density at radius 1 is 1.25 bits per heavy atom. The zero-order valence-corrected chi connectivity index (χ0v) is 13.1. The molecular weight excluding hydrogens is 254 g/mol. The summed E-state index contributed by atoms with van der Waals surface area (Å²) in [6, 6.07) is 0.336. The Bertz CT molecular complexity index is 400. The fourth-order valence-corrected chi connectivity index (χ4v) is 3.03. The van der Waals surface area contributed by atoms with Crippen LogP contribution in [-0.2, 0) is 4.74 Å². The monoisotopic (exact) mass is 281 g/mol. The Balaban J connectivity index is 2.11. The molecule has 0 aliphatic carbocycles. The highest BCUT2D eigenvalue weighted by molar-refractivity contribution is 5.03. The summed E-state index contributed by atoms with van der Waals surface area (Å²) >= 11 is 0. The smallest absolute Gasteiger partial charge is 0.231 e. The highest BCUT2D eigenvalue weighted by Gasteiger charge is 2.29. The van der Waals surface area contributed by atoms with Gasteiger partial charge in [0, 0.05) is 25.2 Å². The maximum absolute atomic E-state index is 5.57. The van der Waals surface area contributed by atoms with Gasteiger partial charge in [-0.15, -0.1) is 0 Å². The Labute approximate surface area is 121 Å². The highest BCUT2D eigenvalue weighted by atomic mass is 16.5. The van der Waals surface area contributed by atoms with Crippen LogP contribution in [0.5, 0.6) is 0 Å². The predicted octanol–water partition coefficient (Wildman–Crippen LogP) is 2.70. The van der Waals surface area contributed by atoms with Gasteiger partial charge in [-0.3, -0.25) is 0 Å². The normalized spacial score (nSPS) is 20.2. The van der Waals surface area contributed by atoms with Gasteiger partial charge >= 0.3 is 0 Å². The molecule has 0 amide bonds. The Morgan fingerprint density at radius 3 is 2.55 bits per heavy atom. The van der Waals surface area contributed by atoms with Crippen molar-refractivity contribution < 1.29 is 9.26 Å². The molecule has 1 aromatic rings. The molecule has 0 radical (unpaired) electrons. The first kappa shape index (κ1) is 15.4. The standard InChI is InChI=1S/C15H27N3O2/c1-5-16-11(4)13(10(2)3)15-17-14(18-20-15)12-6-8-19-9-7-12/h10-13,16H,5-9H2,1-4H3. The third-order valence-corrected chi connectivity index (χ3v) is 4.11. The lowest BCUT2D eigenvalue weighted by atomic mass is 9.89. The number of hydrogen-bond acceptors (Lipinski definition) is 5. The van der Waals surface area contributed by atoms with Gasteiger partial charge in [-0.25, -0.2) is 0 Å². The van der Waals surface area contributed by atoms with Gasteiger partial charge in [0.05, 0.1) is 5.92 Å². The first-order valence-electron chi connectivity index (χ1n) is 7.78. The third-order valence-electron chi connectivity index (χ3n) is 4.11. The topological polar surface area (TPSA) is 60.2 Å². The summed E-state index contributed by atoms with van der Waals surface area (Å²) < 4.78 is 11.0. The van der Waals surface area contributed by atoms with Gasteiger partial charge in [0.15, 0.2) is 5.82 Å². The summed E-state index contributed by atoms with van der Waals surface area (Å²) in [6.07, 6.45) is 1.99. The summed E-state index contributed by atoms with van der Waals surface area (Å²) in [5.41, 5.74) is 0. The first-order valence-corrected chi connectivity index (χ1v) is 7.78. The third kappa shape index (κ3) is 3.58. The van der Waals surface area contributed by atoms with Gasteiger partial charge in [0.25, 0.3) is 0 Å². The van der Waals surface area contributed by atoms with Crippen LogP contribution in [0.4, 0.5) is 0 Å². The predicted molar refractivity (Wildman–Crippen MR) is 77.8 cm³/mol. The average Bonchev–Trinajstić information content (AvgIpc) is 2.89. The second-order valence-electron chi connectivity index (χ2n) is 5.99. The number of nitrogens with one attached hydrogen (secondary N) is 1. The average molecular weight is 281 g/mol. The number of rotatable bonds is 6. The lowest BCUT2D eigenvalue weighted by Gasteiger charge is -2.24. The lowest BCUT2D eigenvalue weighted by Crippen LogP contribution is -2.34. The summed E-state index contributed by atoms with van der Waals surface area (Å²) in [5, 5.41) is 7.68. The molecule has 2 rings (SSSR count). The van der Waals surface area contributed by atoms with Gasteiger partial charge in [-0.2, -0.15) is 4.98 Å². The number of likely N-dealkylation sites (N-methyl/N-ethyl adjacent to an activating group) is 1. The van der Waals surface area contributed by atoms with Gasteiger partial charge in [-0.1, -0.05) is 25.9 Å². The van der Waals surface area contributed by atoms with E-state index in [1.165, 1.54) is 0 Å². The van der Waals surface area contributed by atoms with E-state index < -0.39 is 0 Å². The molecule has 1 fully saturated rings. The molecule has 20 heavy (non-hydrogen) atoms. The summed E-state index contributed by atoms with van der Waals surface area (Å²) in [4.78, 5) is 4.69. The summed E-state index contributed by atoms with van der Waals surface area (Å²) in [7, 11) is 0. The minimum Gasteiger partial charge on any atom is -0.381 e. The van der Waals surface area contributed by atoms with E-state index in [0.717, 1.165) is 44.3 Å². The van der Waals surface area contributed by atoms with Crippen LogP contribution in [0.3, 0.4) is 0 Å². The van der Waals surface area contributed by atoms with E-state index in [9.17, 15) is 0 Å². The van der Waals surface area contributed by atoms with Crippen molar-refractivity contribution in [2.75, 3.05) is 19.8 Å². The number of ether oxygens (including phenoxy) is 1. The van der Waals surface area contributed by atoms with Crippen LogP contribution >= 0.6 is 0 Å². The number of aromatic nitrogens is 2. The minimum absolute atomic E-state index is 0.260. The second-order valence-corrected chi connectivity index (χ2v) is 5.99. The van der Waals surface area contributed by atoms with Gasteiger partial charge in [0.1, 0.15) is 0 Å². The quantitative estimate of drug-likeness (QED) is 0.868. The van der Waals surface area contributed by atoms with E-state index in [1.807, 2.05) is 0 Å². The molecule has 5 heteroatoms. The van der Waals surface area contributed by atoms with Crippen molar-refractivity contribution >= 4 is 0 Å². The molecule has 1 aliphatic heterocycles. The lowest BCUT2D eigenvalue weighted by molar-refractivity contribution is 0.0830. The van der Waals surface area contributed by atoms with E-state index in [1.54, 1.807) is 0 Å². The van der Waals surface area contributed by atoms with Crippen molar-refractivity contribution in [2.45, 2.75) is 58.4 Å². The zero-order chi connectivity index (χ0) is 14.5. The van der Waals surface area contributed by atoms with Crippen molar-refractivity contribution in [1.29, 1.82) is 0 Å². The summed E-state index contributed by atoms with van der Waals surface area (Å²) in [5.74, 6) is 2.75. The fraction of sp³-hybridized carbons (Fsp3) is 0.867. The van der Waals surface area contributed by atoms with E-state index in [4.69, 9.17) is 9.26 Å². The molecular formula is C15H27N3O2. The van der Waals surface area contributed by atoms with Gasteiger partial charge in [-0.05, 0) is 32.2 Å². The molecule has 2 atom stereocenters. The zero-order valence-electron chi connectivity index (χ0n) is 13.1. The molecule has 1 saturated heterocycles. The molecule has 0 bridgehead atoms. The minimum atomic E-state index is 0.260. The molecule has 0 aromatic carbocycles. The van der Waals surface area contributed by atoms with Crippen molar-refractivity contribution in [2.24, 2.45) is 5.92 Å². The maximum atomic E-state index is 5.57. The first-order chi connectivity index (χ1) is 9.63. The molecule has 0 spiro atoms. The molecule has 1 aliphatic rings. The van der Waals surface area contributed by atoms with Crippen molar-refractivity contribution in [1.82, 2.24) is 15.5 Å². The summed E-state index contributed by atoms with van der Waals surface area (Å²) in [6.45, 7) is 11.3. The molecule has 114 valence electrons. The fourth-order valence-electron chi connectivity index (χ4n) is 3.03. The van der Waals surface area contributed by atoms with Crippen molar-refractivity contribution in [3.05, 3.63) is 11.7 Å². The van der Waals surface area contributed by atoms with Crippen molar-refractivity contribution in [3.63, 3.8) is 0 Å². The maximum Gasteiger partial charge on any atom is 0.231 e. The van der Waals surface area contributed by atoms with Crippen LogP contribution in [-0.4, -0.2) is 35.9 Å². The number of hydrogen-bond donors (Lipinski definition) is 1. The molecule has 1 N–H and O–H groups in total. The van der Waals surface area contributed by atoms with Crippen molar-refractivity contribution in [3.8, 4) is 0 Å². The Morgan fingerprint density at radius 2 is 1.95 bits per heavy atom. The van der Waals surface area contributed by atoms with E-state index in [0.29, 0.717) is 17.9 Å². The van der Waals surface area contributed by atoms with Crippen LogP contribution < -0.4 is 5.32 Å². The van der Waals surface area contributed by atoms with Crippen LogP contribution in [0.2, 0.25) is 0 Å².